The predicted octanol–water partition coefficient (Wildman–Crippen LogP) is 2.67. The summed E-state index contributed by atoms with van der Waals surface area (Å²) in [6, 6.07) is 5.33. The average Bonchev–Trinajstić information content (AvgIpc) is 2.53. The molecule has 2 rings (SSSR count). The van der Waals surface area contributed by atoms with E-state index in [4.69, 9.17) is 21.1 Å². The van der Waals surface area contributed by atoms with Crippen molar-refractivity contribution in [3.8, 4) is 11.5 Å². The van der Waals surface area contributed by atoms with Crippen LogP contribution in [0.4, 0.5) is 0 Å². The molecule has 1 saturated carbocycles. The summed E-state index contributed by atoms with van der Waals surface area (Å²) < 4.78 is 37.8. The lowest BCUT2D eigenvalue weighted by atomic mass is 10.00. The van der Waals surface area contributed by atoms with Gasteiger partial charge >= 0.3 is 0 Å². The van der Waals surface area contributed by atoms with Crippen LogP contribution in [-0.2, 0) is 16.6 Å². The van der Waals surface area contributed by atoms with Crippen LogP contribution < -0.4 is 14.2 Å². The first-order valence-corrected chi connectivity index (χ1v) is 9.29. The smallest absolute Gasteiger partial charge is 0.216 e. The number of hydrogen-bond donors (Lipinski definition) is 1. The highest BCUT2D eigenvalue weighted by molar-refractivity contribution is 7.90. The molecule has 1 aliphatic carbocycles. The maximum absolute atomic E-state index is 12.4. The minimum absolute atomic E-state index is 0.211. The zero-order chi connectivity index (χ0) is 16.2. The summed E-state index contributed by atoms with van der Waals surface area (Å²) in [6.45, 7) is 0.211. The van der Waals surface area contributed by atoms with Gasteiger partial charge in [0.05, 0.1) is 24.8 Å². The zero-order valence-corrected chi connectivity index (χ0v) is 14.4. The van der Waals surface area contributed by atoms with Crippen LogP contribution in [0.5, 0.6) is 11.5 Å². The van der Waals surface area contributed by atoms with Gasteiger partial charge in [-0.1, -0.05) is 18.9 Å². The molecule has 1 fully saturated rings. The van der Waals surface area contributed by atoms with Gasteiger partial charge in [-0.25, -0.2) is 13.1 Å². The Morgan fingerprint density at radius 2 is 1.86 bits per heavy atom. The van der Waals surface area contributed by atoms with Crippen molar-refractivity contribution in [3.05, 3.63) is 23.8 Å². The van der Waals surface area contributed by atoms with E-state index in [9.17, 15) is 8.42 Å². The predicted molar refractivity (Wildman–Crippen MR) is 87.2 cm³/mol. The van der Waals surface area contributed by atoms with E-state index in [-0.39, 0.29) is 11.9 Å². The standard InChI is InChI=1S/C15H22ClNO4S/c1-20-13-8-7-11(9-14(13)21-2)10-17-22(18,19)15-6-4-3-5-12(15)16/h7-9,12,15,17H,3-6,10H2,1-2H3. The Balaban J connectivity index is 2.05. The van der Waals surface area contributed by atoms with E-state index in [0.717, 1.165) is 24.8 Å². The van der Waals surface area contributed by atoms with Crippen LogP contribution >= 0.6 is 11.6 Å². The molecule has 5 nitrogen and oxygen atoms in total. The van der Waals surface area contributed by atoms with Crippen LogP contribution in [-0.4, -0.2) is 33.3 Å². The number of halogens is 1. The Bertz CT molecular complexity index is 606. The molecule has 0 radical (unpaired) electrons. The number of alkyl halides is 1. The largest absolute Gasteiger partial charge is 0.493 e. The molecule has 0 amide bonds. The fraction of sp³-hybridized carbons (Fsp3) is 0.600. The first kappa shape index (κ1) is 17.4. The van der Waals surface area contributed by atoms with Gasteiger partial charge in [0.15, 0.2) is 11.5 Å². The van der Waals surface area contributed by atoms with Gasteiger partial charge in [-0.15, -0.1) is 11.6 Å². The molecule has 0 heterocycles. The second-order valence-electron chi connectivity index (χ2n) is 5.39. The molecule has 1 aromatic rings. The van der Waals surface area contributed by atoms with Gasteiger partial charge in [0.25, 0.3) is 0 Å². The highest BCUT2D eigenvalue weighted by Crippen LogP contribution is 2.29. The highest BCUT2D eigenvalue weighted by Gasteiger charge is 2.34. The molecule has 124 valence electrons. The topological polar surface area (TPSA) is 64.6 Å². The number of nitrogens with one attached hydrogen (secondary N) is 1. The lowest BCUT2D eigenvalue weighted by Crippen LogP contribution is -2.41. The van der Waals surface area contributed by atoms with Crippen LogP contribution in [0.1, 0.15) is 31.2 Å². The molecule has 2 atom stereocenters. The van der Waals surface area contributed by atoms with Crippen molar-refractivity contribution in [2.24, 2.45) is 0 Å². The quantitative estimate of drug-likeness (QED) is 0.803. The maximum Gasteiger partial charge on any atom is 0.216 e. The van der Waals surface area contributed by atoms with Crippen molar-refractivity contribution in [1.82, 2.24) is 4.72 Å². The molecule has 0 aliphatic heterocycles. The molecule has 22 heavy (non-hydrogen) atoms. The van der Waals surface area contributed by atoms with Gasteiger partial charge in [0.2, 0.25) is 10.0 Å². The van der Waals surface area contributed by atoms with E-state index >= 15 is 0 Å². The first-order valence-electron chi connectivity index (χ1n) is 7.31. The van der Waals surface area contributed by atoms with E-state index < -0.39 is 15.3 Å². The number of sulfonamides is 1. The lowest BCUT2D eigenvalue weighted by Gasteiger charge is -2.26. The van der Waals surface area contributed by atoms with Crippen LogP contribution in [0.2, 0.25) is 0 Å². The summed E-state index contributed by atoms with van der Waals surface area (Å²) in [4.78, 5) is 0. The summed E-state index contributed by atoms with van der Waals surface area (Å²) >= 11 is 6.18. The molecule has 1 aliphatic rings. The van der Waals surface area contributed by atoms with Gasteiger partial charge in [-0.2, -0.15) is 0 Å². The molecule has 2 unspecified atom stereocenters. The zero-order valence-electron chi connectivity index (χ0n) is 12.8. The molecule has 0 saturated heterocycles. The Morgan fingerprint density at radius 1 is 1.18 bits per heavy atom. The number of methoxy groups -OCH3 is 2. The van der Waals surface area contributed by atoms with Crippen molar-refractivity contribution < 1.29 is 17.9 Å². The maximum atomic E-state index is 12.4. The fourth-order valence-electron chi connectivity index (χ4n) is 2.68. The molecular weight excluding hydrogens is 326 g/mol. The number of rotatable bonds is 6. The normalized spacial score (nSPS) is 22.3. The van der Waals surface area contributed by atoms with Crippen molar-refractivity contribution >= 4 is 21.6 Å². The number of ether oxygens (including phenoxy) is 2. The molecule has 1 N–H and O–H groups in total. The summed E-state index contributed by atoms with van der Waals surface area (Å²) in [5.74, 6) is 1.19. The van der Waals surface area contributed by atoms with Crippen LogP contribution in [0.3, 0.4) is 0 Å². The average molecular weight is 348 g/mol. The molecule has 7 heteroatoms. The van der Waals surface area contributed by atoms with Crippen molar-refractivity contribution in [1.29, 1.82) is 0 Å². The van der Waals surface area contributed by atoms with E-state index in [1.54, 1.807) is 26.4 Å². The second-order valence-corrected chi connectivity index (χ2v) is 7.94. The third-order valence-electron chi connectivity index (χ3n) is 3.95. The first-order chi connectivity index (χ1) is 10.5. The monoisotopic (exact) mass is 347 g/mol. The summed E-state index contributed by atoms with van der Waals surface area (Å²) in [7, 11) is -0.313. The molecule has 1 aromatic carbocycles. The van der Waals surface area contributed by atoms with Gasteiger partial charge in [-0.05, 0) is 30.5 Å². The second kappa shape index (κ2) is 7.53. The number of hydrogen-bond acceptors (Lipinski definition) is 4. The van der Waals surface area contributed by atoms with E-state index in [1.807, 2.05) is 6.07 Å². The summed E-state index contributed by atoms with van der Waals surface area (Å²) in [5.41, 5.74) is 0.808. The van der Waals surface area contributed by atoms with Crippen molar-refractivity contribution in [2.75, 3.05) is 14.2 Å². The summed E-state index contributed by atoms with van der Waals surface area (Å²) in [5, 5.41) is -0.820. The van der Waals surface area contributed by atoms with Gasteiger partial charge in [0, 0.05) is 6.54 Å². The Hall–Kier alpha value is -0.980. The third kappa shape index (κ3) is 4.06. The third-order valence-corrected chi connectivity index (χ3v) is 6.53. The minimum Gasteiger partial charge on any atom is -0.493 e. The van der Waals surface area contributed by atoms with Crippen LogP contribution in [0, 0.1) is 0 Å². The van der Waals surface area contributed by atoms with Crippen LogP contribution in [0.15, 0.2) is 18.2 Å². The lowest BCUT2D eigenvalue weighted by molar-refractivity contribution is 0.354. The van der Waals surface area contributed by atoms with Gasteiger partial charge < -0.3 is 9.47 Å². The van der Waals surface area contributed by atoms with Gasteiger partial charge in [-0.3, -0.25) is 0 Å². The molecular formula is C15H22ClNO4S. The molecule has 0 spiro atoms. The minimum atomic E-state index is -3.42. The van der Waals surface area contributed by atoms with Gasteiger partial charge in [0.1, 0.15) is 0 Å². The Labute approximate surface area is 137 Å². The number of benzene rings is 1. The highest BCUT2D eigenvalue weighted by atomic mass is 35.5. The Morgan fingerprint density at radius 3 is 2.50 bits per heavy atom. The fourth-order valence-corrected chi connectivity index (χ4v) is 4.95. The molecule has 0 bridgehead atoms. The molecule has 0 aromatic heterocycles. The van der Waals surface area contributed by atoms with E-state index in [2.05, 4.69) is 4.72 Å². The van der Waals surface area contributed by atoms with Crippen LogP contribution in [0.25, 0.3) is 0 Å². The van der Waals surface area contributed by atoms with Crippen molar-refractivity contribution in [3.63, 3.8) is 0 Å². The summed E-state index contributed by atoms with van der Waals surface area (Å²) in [6.07, 6.45) is 3.28. The van der Waals surface area contributed by atoms with E-state index in [0.29, 0.717) is 17.9 Å². The van der Waals surface area contributed by atoms with E-state index in [1.165, 1.54) is 0 Å². The Kier molecular flexibility index (Phi) is 5.94. The van der Waals surface area contributed by atoms with Crippen molar-refractivity contribution in [2.45, 2.75) is 42.9 Å². The SMILES string of the molecule is COc1ccc(CNS(=O)(=O)C2CCCCC2Cl)cc1OC.